The highest BCUT2D eigenvalue weighted by Crippen LogP contribution is 2.37. The molecule has 0 aromatic heterocycles. The summed E-state index contributed by atoms with van der Waals surface area (Å²) >= 11 is 0. The Hall–Kier alpha value is -2.49. The molecule has 0 bridgehead atoms. The number of para-hydroxylation sites is 2. The zero-order chi connectivity index (χ0) is 14.7. The number of hydrogen-bond acceptors (Lipinski definition) is 3. The van der Waals surface area contributed by atoms with Gasteiger partial charge in [0.1, 0.15) is 5.75 Å². The van der Waals surface area contributed by atoms with E-state index in [2.05, 4.69) is 4.90 Å². The molecule has 1 aliphatic heterocycles. The van der Waals surface area contributed by atoms with Crippen molar-refractivity contribution in [1.29, 1.82) is 0 Å². The molecule has 2 aromatic carbocycles. The number of ether oxygens (including phenoxy) is 1. The van der Waals surface area contributed by atoms with E-state index in [0.29, 0.717) is 17.1 Å². The Balaban J connectivity index is 2.03. The van der Waals surface area contributed by atoms with Gasteiger partial charge in [0.2, 0.25) is 0 Å². The molecule has 1 heterocycles. The monoisotopic (exact) mass is 282 g/mol. The maximum atomic E-state index is 11.7. The largest absolute Gasteiger partial charge is 0.454 e. The third kappa shape index (κ3) is 2.84. The Morgan fingerprint density at radius 1 is 1.00 bits per heavy atom. The molecule has 1 amide bonds. The Labute approximate surface area is 124 Å². The zero-order valence-corrected chi connectivity index (χ0v) is 11.8. The van der Waals surface area contributed by atoms with Gasteiger partial charge in [0.15, 0.2) is 5.75 Å². The van der Waals surface area contributed by atoms with Crippen LogP contribution >= 0.6 is 0 Å². The van der Waals surface area contributed by atoms with Crippen molar-refractivity contribution in [3.05, 3.63) is 54.1 Å². The fourth-order valence-corrected chi connectivity index (χ4v) is 2.64. The normalized spacial score (nSPS) is 14.2. The highest BCUT2D eigenvalue weighted by molar-refractivity contribution is 5.98. The van der Waals surface area contributed by atoms with Crippen LogP contribution in [-0.4, -0.2) is 19.0 Å². The first-order valence-corrected chi connectivity index (χ1v) is 7.16. The number of hydrogen-bond donors (Lipinski definition) is 1. The summed E-state index contributed by atoms with van der Waals surface area (Å²) in [5, 5.41) is 0. The molecule has 2 N–H and O–H groups in total. The molecule has 0 aliphatic carbocycles. The lowest BCUT2D eigenvalue weighted by Gasteiger charge is -2.22. The third-order valence-electron chi connectivity index (χ3n) is 3.67. The van der Waals surface area contributed by atoms with Crippen LogP contribution in [0.1, 0.15) is 23.2 Å². The predicted molar refractivity (Wildman–Crippen MR) is 82.9 cm³/mol. The molecule has 1 fully saturated rings. The molecular formula is C17H18N2O2. The number of nitrogens with zero attached hydrogens (tertiary/aromatic N) is 1. The van der Waals surface area contributed by atoms with Gasteiger partial charge in [-0.2, -0.15) is 0 Å². The molecule has 4 heteroatoms. The number of nitrogens with two attached hydrogens (primary N) is 1. The van der Waals surface area contributed by atoms with Crippen molar-refractivity contribution in [2.45, 2.75) is 12.8 Å². The van der Waals surface area contributed by atoms with E-state index in [9.17, 15) is 4.79 Å². The van der Waals surface area contributed by atoms with Crippen molar-refractivity contribution in [3.8, 4) is 11.5 Å². The Morgan fingerprint density at radius 3 is 2.38 bits per heavy atom. The summed E-state index contributed by atoms with van der Waals surface area (Å²) in [6.07, 6.45) is 2.32. The summed E-state index contributed by atoms with van der Waals surface area (Å²) in [5.74, 6) is 0.784. The van der Waals surface area contributed by atoms with Crippen molar-refractivity contribution in [1.82, 2.24) is 0 Å². The number of carbonyl (C=O) groups excluding carboxylic acids is 1. The SMILES string of the molecule is NC(=O)c1cccc(N2CCCC2)c1Oc1ccccc1. The summed E-state index contributed by atoms with van der Waals surface area (Å²) < 4.78 is 5.97. The number of amides is 1. The van der Waals surface area contributed by atoms with E-state index < -0.39 is 5.91 Å². The average Bonchev–Trinajstić information content (AvgIpc) is 3.02. The Kier molecular flexibility index (Phi) is 3.77. The van der Waals surface area contributed by atoms with E-state index in [1.807, 2.05) is 42.5 Å². The minimum absolute atomic E-state index is 0.420. The third-order valence-corrected chi connectivity index (χ3v) is 3.67. The van der Waals surface area contributed by atoms with Crippen molar-refractivity contribution in [3.63, 3.8) is 0 Å². The molecule has 0 atom stereocenters. The number of anilines is 1. The van der Waals surface area contributed by atoms with Gasteiger partial charge in [-0.3, -0.25) is 4.79 Å². The molecule has 21 heavy (non-hydrogen) atoms. The molecule has 108 valence electrons. The van der Waals surface area contributed by atoms with Gasteiger partial charge in [-0.05, 0) is 37.1 Å². The molecule has 0 radical (unpaired) electrons. The van der Waals surface area contributed by atoms with Crippen LogP contribution in [0.4, 0.5) is 5.69 Å². The molecule has 0 spiro atoms. The molecule has 2 aromatic rings. The number of benzene rings is 2. The summed E-state index contributed by atoms with van der Waals surface area (Å²) in [7, 11) is 0. The van der Waals surface area contributed by atoms with Crippen LogP contribution in [0.25, 0.3) is 0 Å². The number of rotatable bonds is 4. The van der Waals surface area contributed by atoms with Crippen LogP contribution in [0.2, 0.25) is 0 Å². The van der Waals surface area contributed by atoms with Crippen molar-refractivity contribution in [2.24, 2.45) is 5.73 Å². The fourth-order valence-electron chi connectivity index (χ4n) is 2.64. The summed E-state index contributed by atoms with van der Waals surface area (Å²) in [4.78, 5) is 13.9. The zero-order valence-electron chi connectivity index (χ0n) is 11.8. The van der Waals surface area contributed by atoms with E-state index in [1.165, 1.54) is 0 Å². The van der Waals surface area contributed by atoms with E-state index >= 15 is 0 Å². The van der Waals surface area contributed by atoms with Gasteiger partial charge in [-0.1, -0.05) is 24.3 Å². The quantitative estimate of drug-likeness (QED) is 0.937. The minimum atomic E-state index is -0.470. The van der Waals surface area contributed by atoms with Crippen LogP contribution in [0, 0.1) is 0 Å². The Morgan fingerprint density at radius 2 is 1.71 bits per heavy atom. The highest BCUT2D eigenvalue weighted by Gasteiger charge is 2.21. The van der Waals surface area contributed by atoms with E-state index in [-0.39, 0.29) is 0 Å². The van der Waals surface area contributed by atoms with Gasteiger partial charge in [-0.25, -0.2) is 0 Å². The Bertz CT molecular complexity index is 634. The summed E-state index contributed by atoms with van der Waals surface area (Å²) in [5.41, 5.74) is 6.86. The van der Waals surface area contributed by atoms with Gasteiger partial charge < -0.3 is 15.4 Å². The van der Waals surface area contributed by atoms with Gasteiger partial charge in [0, 0.05) is 13.1 Å². The summed E-state index contributed by atoms with van der Waals surface area (Å²) in [6, 6.07) is 15.0. The summed E-state index contributed by atoms with van der Waals surface area (Å²) in [6.45, 7) is 1.96. The maximum absolute atomic E-state index is 11.7. The second kappa shape index (κ2) is 5.87. The topological polar surface area (TPSA) is 55.6 Å². The first-order chi connectivity index (χ1) is 10.3. The van der Waals surface area contributed by atoms with E-state index in [0.717, 1.165) is 31.6 Å². The smallest absolute Gasteiger partial charge is 0.252 e. The average molecular weight is 282 g/mol. The van der Waals surface area contributed by atoms with Gasteiger partial charge in [-0.15, -0.1) is 0 Å². The van der Waals surface area contributed by atoms with E-state index in [4.69, 9.17) is 10.5 Å². The van der Waals surface area contributed by atoms with Crippen LogP contribution in [0.15, 0.2) is 48.5 Å². The molecular weight excluding hydrogens is 264 g/mol. The van der Waals surface area contributed by atoms with E-state index in [1.54, 1.807) is 6.07 Å². The first kappa shape index (κ1) is 13.5. The van der Waals surface area contributed by atoms with Gasteiger partial charge in [0.25, 0.3) is 5.91 Å². The second-order valence-corrected chi connectivity index (χ2v) is 5.13. The van der Waals surface area contributed by atoms with Crippen LogP contribution in [-0.2, 0) is 0 Å². The van der Waals surface area contributed by atoms with Crippen LogP contribution in [0.5, 0.6) is 11.5 Å². The molecule has 1 aliphatic rings. The fraction of sp³-hybridized carbons (Fsp3) is 0.235. The predicted octanol–water partition coefficient (Wildman–Crippen LogP) is 3.18. The molecule has 1 saturated heterocycles. The lowest BCUT2D eigenvalue weighted by atomic mass is 10.1. The van der Waals surface area contributed by atoms with Gasteiger partial charge in [0.05, 0.1) is 11.3 Å². The first-order valence-electron chi connectivity index (χ1n) is 7.16. The molecule has 4 nitrogen and oxygen atoms in total. The highest BCUT2D eigenvalue weighted by atomic mass is 16.5. The standard InChI is InChI=1S/C17H18N2O2/c18-17(20)14-9-6-10-15(19-11-4-5-12-19)16(14)21-13-7-2-1-3-8-13/h1-3,6-10H,4-5,11-12H2,(H2,18,20). The minimum Gasteiger partial charge on any atom is -0.454 e. The lowest BCUT2D eigenvalue weighted by molar-refractivity contribution is 0.0998. The second-order valence-electron chi connectivity index (χ2n) is 5.13. The van der Waals surface area contributed by atoms with Crippen molar-refractivity contribution < 1.29 is 9.53 Å². The number of carbonyl (C=O) groups is 1. The maximum Gasteiger partial charge on any atom is 0.252 e. The van der Waals surface area contributed by atoms with Crippen molar-refractivity contribution >= 4 is 11.6 Å². The van der Waals surface area contributed by atoms with Crippen LogP contribution in [0.3, 0.4) is 0 Å². The molecule has 3 rings (SSSR count). The number of primary amides is 1. The van der Waals surface area contributed by atoms with Gasteiger partial charge >= 0.3 is 0 Å². The van der Waals surface area contributed by atoms with Crippen LogP contribution < -0.4 is 15.4 Å². The lowest BCUT2D eigenvalue weighted by Crippen LogP contribution is -2.20. The van der Waals surface area contributed by atoms with Crippen molar-refractivity contribution in [2.75, 3.05) is 18.0 Å². The molecule has 0 unspecified atom stereocenters. The molecule has 0 saturated carbocycles.